The van der Waals surface area contributed by atoms with Crippen molar-refractivity contribution in [1.82, 2.24) is 5.32 Å². The van der Waals surface area contributed by atoms with Crippen molar-refractivity contribution in [3.63, 3.8) is 0 Å². The number of hydrogen-bond acceptors (Lipinski definition) is 2. The maximum Gasteiger partial charge on any atom is 0.255 e. The molecule has 0 saturated heterocycles. The van der Waals surface area contributed by atoms with E-state index in [0.717, 1.165) is 12.6 Å². The summed E-state index contributed by atoms with van der Waals surface area (Å²) in [5, 5.41) is 15.9. The Bertz CT molecular complexity index is 875. The molecule has 2 atom stereocenters. The average molecular weight is 405 g/mol. The fourth-order valence-electron chi connectivity index (χ4n) is 3.34. The summed E-state index contributed by atoms with van der Waals surface area (Å²) in [5.41, 5.74) is 0.324. The molecule has 3 aromatic rings. The molecule has 2 N–H and O–H groups in total. The molecule has 0 heterocycles. The van der Waals surface area contributed by atoms with E-state index >= 15 is 0 Å². The zero-order chi connectivity index (χ0) is 20.6. The molecule has 3 aromatic carbocycles. The van der Waals surface area contributed by atoms with Crippen LogP contribution >= 0.6 is 7.92 Å². The summed E-state index contributed by atoms with van der Waals surface area (Å²) in [6, 6.07) is 27.8. The van der Waals surface area contributed by atoms with Crippen LogP contribution in [0.4, 0.5) is 0 Å². The summed E-state index contributed by atoms with van der Waals surface area (Å²) in [4.78, 5) is 12.9. The van der Waals surface area contributed by atoms with Crippen LogP contribution in [0.5, 0.6) is 5.75 Å². The fraction of sp³-hybridized carbons (Fsp3) is 0.240. The third-order valence-electron chi connectivity index (χ3n) is 5.31. The number of carbonyl (C=O) groups excluding carboxylic acids is 1. The average Bonchev–Trinajstić information content (AvgIpc) is 2.77. The molecule has 150 valence electrons. The van der Waals surface area contributed by atoms with E-state index in [-0.39, 0.29) is 17.7 Å². The van der Waals surface area contributed by atoms with Crippen LogP contribution in [0.15, 0.2) is 84.9 Å². The number of carbonyl (C=O) groups is 1. The second kappa shape index (κ2) is 10.2. The molecule has 3 nitrogen and oxygen atoms in total. The number of amides is 1. The highest BCUT2D eigenvalue weighted by atomic mass is 31.1. The van der Waals surface area contributed by atoms with Gasteiger partial charge < -0.3 is 10.4 Å². The number of aromatic hydroxyl groups is 1. The van der Waals surface area contributed by atoms with E-state index in [0.29, 0.717) is 11.5 Å². The van der Waals surface area contributed by atoms with E-state index in [4.69, 9.17) is 0 Å². The van der Waals surface area contributed by atoms with Crippen LogP contribution < -0.4 is 15.9 Å². The molecule has 3 rings (SSSR count). The van der Waals surface area contributed by atoms with Crippen molar-refractivity contribution in [3.8, 4) is 5.75 Å². The topological polar surface area (TPSA) is 49.3 Å². The predicted molar refractivity (Wildman–Crippen MR) is 123 cm³/mol. The molecule has 0 aromatic heterocycles. The monoisotopic (exact) mass is 405 g/mol. The predicted octanol–water partition coefficient (Wildman–Crippen LogP) is 4.67. The summed E-state index contributed by atoms with van der Waals surface area (Å²) in [6.45, 7) is 4.33. The molecule has 0 fully saturated rings. The number of para-hydroxylation sites is 1. The maximum atomic E-state index is 12.9. The van der Waals surface area contributed by atoms with Crippen molar-refractivity contribution in [2.75, 3.05) is 6.16 Å². The minimum Gasteiger partial charge on any atom is -0.507 e. The van der Waals surface area contributed by atoms with Gasteiger partial charge >= 0.3 is 0 Å². The second-order valence-corrected chi connectivity index (χ2v) is 9.52. The van der Waals surface area contributed by atoms with Crippen molar-refractivity contribution in [2.24, 2.45) is 5.92 Å². The number of nitrogens with one attached hydrogen (secondary N) is 1. The second-order valence-electron chi connectivity index (χ2n) is 7.26. The molecule has 0 bridgehead atoms. The number of phenols is 1. The van der Waals surface area contributed by atoms with Crippen LogP contribution in [0.25, 0.3) is 0 Å². The first-order valence-electron chi connectivity index (χ1n) is 10.1. The summed E-state index contributed by atoms with van der Waals surface area (Å²) >= 11 is 0. The Morgan fingerprint density at radius 3 is 1.93 bits per heavy atom. The quantitative estimate of drug-likeness (QED) is 0.535. The van der Waals surface area contributed by atoms with E-state index in [1.54, 1.807) is 24.3 Å². The SMILES string of the molecule is CC[C@H](C)[C@@H](CP(c1ccccc1)c1ccccc1)NC(=O)c1ccccc1O. The highest BCUT2D eigenvalue weighted by Gasteiger charge is 2.25. The van der Waals surface area contributed by atoms with Crippen molar-refractivity contribution in [1.29, 1.82) is 0 Å². The third kappa shape index (κ3) is 5.46. The van der Waals surface area contributed by atoms with E-state index in [1.807, 2.05) is 12.1 Å². The molecule has 0 aliphatic heterocycles. The van der Waals surface area contributed by atoms with Gasteiger partial charge in [0.05, 0.1) is 5.56 Å². The minimum absolute atomic E-state index is 0.0126. The fourth-order valence-corrected chi connectivity index (χ4v) is 5.97. The number of rotatable bonds is 8. The minimum atomic E-state index is -0.613. The first-order valence-corrected chi connectivity index (χ1v) is 11.6. The largest absolute Gasteiger partial charge is 0.507 e. The van der Waals surface area contributed by atoms with Gasteiger partial charge in [-0.1, -0.05) is 93.1 Å². The Balaban J connectivity index is 1.89. The normalized spacial score (nSPS) is 13.1. The van der Waals surface area contributed by atoms with Crippen molar-refractivity contribution >= 4 is 24.4 Å². The lowest BCUT2D eigenvalue weighted by atomic mass is 10.0. The lowest BCUT2D eigenvalue weighted by Gasteiger charge is -2.29. The first kappa shape index (κ1) is 21.1. The lowest BCUT2D eigenvalue weighted by molar-refractivity contribution is 0.0926. The van der Waals surface area contributed by atoms with Gasteiger partial charge in [-0.15, -0.1) is 0 Å². The Labute approximate surface area is 174 Å². The van der Waals surface area contributed by atoms with Gasteiger partial charge in [0.1, 0.15) is 5.75 Å². The third-order valence-corrected chi connectivity index (χ3v) is 7.91. The first-order chi connectivity index (χ1) is 14.1. The van der Waals surface area contributed by atoms with Gasteiger partial charge in [0.2, 0.25) is 0 Å². The van der Waals surface area contributed by atoms with Gasteiger partial charge in [-0.25, -0.2) is 0 Å². The molecule has 0 spiro atoms. The summed E-state index contributed by atoms with van der Waals surface area (Å²) in [6.07, 6.45) is 1.83. The highest BCUT2D eigenvalue weighted by molar-refractivity contribution is 7.73. The Kier molecular flexibility index (Phi) is 7.43. The van der Waals surface area contributed by atoms with Gasteiger partial charge in [0.15, 0.2) is 0 Å². The van der Waals surface area contributed by atoms with Crippen molar-refractivity contribution in [3.05, 3.63) is 90.5 Å². The summed E-state index contributed by atoms with van der Waals surface area (Å²) < 4.78 is 0. The van der Waals surface area contributed by atoms with Crippen molar-refractivity contribution < 1.29 is 9.90 Å². The van der Waals surface area contributed by atoms with Crippen LogP contribution in [0.2, 0.25) is 0 Å². The molecular formula is C25H28NO2P. The smallest absolute Gasteiger partial charge is 0.255 e. The number of hydrogen-bond donors (Lipinski definition) is 2. The van der Waals surface area contributed by atoms with E-state index in [2.05, 4.69) is 67.7 Å². The van der Waals surface area contributed by atoms with Gasteiger partial charge in [-0.05, 0) is 42.7 Å². The van der Waals surface area contributed by atoms with Gasteiger partial charge in [0, 0.05) is 6.04 Å². The summed E-state index contributed by atoms with van der Waals surface area (Å²) in [5.74, 6) is 0.119. The van der Waals surface area contributed by atoms with Gasteiger partial charge in [0.25, 0.3) is 5.91 Å². The zero-order valence-corrected chi connectivity index (χ0v) is 17.8. The van der Waals surface area contributed by atoms with Crippen LogP contribution in [0, 0.1) is 5.92 Å². The molecule has 1 amide bonds. The molecule has 4 heteroatoms. The van der Waals surface area contributed by atoms with Crippen LogP contribution in [-0.2, 0) is 0 Å². The summed E-state index contributed by atoms with van der Waals surface area (Å²) in [7, 11) is -0.613. The maximum absolute atomic E-state index is 12.9. The number of benzene rings is 3. The van der Waals surface area contributed by atoms with Crippen LogP contribution in [0.3, 0.4) is 0 Å². The van der Waals surface area contributed by atoms with Gasteiger partial charge in [-0.2, -0.15) is 0 Å². The molecule has 0 aliphatic carbocycles. The molecule has 29 heavy (non-hydrogen) atoms. The molecule has 0 radical (unpaired) electrons. The Morgan fingerprint density at radius 1 is 0.897 bits per heavy atom. The van der Waals surface area contributed by atoms with E-state index in [9.17, 15) is 9.90 Å². The Morgan fingerprint density at radius 2 is 1.41 bits per heavy atom. The molecule has 0 saturated carbocycles. The highest BCUT2D eigenvalue weighted by Crippen LogP contribution is 2.36. The number of phenolic OH excluding ortho intramolecular Hbond substituents is 1. The van der Waals surface area contributed by atoms with Crippen molar-refractivity contribution in [2.45, 2.75) is 26.3 Å². The Hall–Kier alpha value is -2.64. The van der Waals surface area contributed by atoms with E-state index in [1.165, 1.54) is 10.6 Å². The van der Waals surface area contributed by atoms with Crippen LogP contribution in [-0.4, -0.2) is 23.2 Å². The van der Waals surface area contributed by atoms with Gasteiger partial charge in [-0.3, -0.25) is 4.79 Å². The van der Waals surface area contributed by atoms with E-state index < -0.39 is 7.92 Å². The standard InChI is InChI=1S/C25H28NO2P/c1-3-19(2)23(26-25(28)22-16-10-11-17-24(22)27)18-29(20-12-6-4-7-13-20)21-14-8-5-9-15-21/h4-17,19,23,27H,3,18H2,1-2H3,(H,26,28)/t19-,23+/m0/s1. The van der Waals surface area contributed by atoms with Crippen LogP contribution in [0.1, 0.15) is 30.6 Å². The lowest BCUT2D eigenvalue weighted by Crippen LogP contribution is -2.42. The molecule has 0 aliphatic rings. The molecular weight excluding hydrogens is 377 g/mol. The zero-order valence-electron chi connectivity index (χ0n) is 17.0. The molecule has 0 unspecified atom stereocenters.